The number of benzene rings is 1. The summed E-state index contributed by atoms with van der Waals surface area (Å²) < 4.78 is 0.722. The van der Waals surface area contributed by atoms with Crippen LogP contribution in [0.25, 0.3) is 0 Å². The number of amides is 2. The lowest BCUT2D eigenvalue weighted by atomic mass is 10.0. The van der Waals surface area contributed by atoms with Crippen molar-refractivity contribution in [1.29, 1.82) is 0 Å². The Labute approximate surface area is 138 Å². The summed E-state index contributed by atoms with van der Waals surface area (Å²) in [4.78, 5) is 25.7. The van der Waals surface area contributed by atoms with Crippen molar-refractivity contribution in [2.24, 2.45) is 0 Å². The summed E-state index contributed by atoms with van der Waals surface area (Å²) in [6.07, 6.45) is 2.05. The second-order valence-corrected chi connectivity index (χ2v) is 6.32. The fraction of sp³-hybridized carbons (Fsp3) is 0.467. The number of hydrogen-bond donors (Lipinski definition) is 1. The van der Waals surface area contributed by atoms with Crippen molar-refractivity contribution >= 4 is 39.3 Å². The van der Waals surface area contributed by atoms with Gasteiger partial charge in [-0.2, -0.15) is 0 Å². The lowest BCUT2D eigenvalue weighted by molar-refractivity contribution is -0.121. The molecule has 114 valence electrons. The minimum Gasteiger partial charge on any atom is -0.353 e. The summed E-state index contributed by atoms with van der Waals surface area (Å²) in [6, 6.07) is 5.52. The Morgan fingerprint density at radius 1 is 1.38 bits per heavy atom. The van der Waals surface area contributed by atoms with E-state index in [0.29, 0.717) is 30.1 Å². The van der Waals surface area contributed by atoms with E-state index in [1.54, 1.807) is 17.0 Å². The van der Waals surface area contributed by atoms with Crippen LogP contribution in [0.15, 0.2) is 22.7 Å². The standard InChI is InChI=1S/C15H18BrClN2O2/c1-2-13(20)18-10-6-8-19(9-7-10)15(21)11-4-3-5-12(16)14(11)17/h3-5,10H,2,6-9H2,1H3,(H,18,20). The number of carbonyl (C=O) groups is 2. The largest absolute Gasteiger partial charge is 0.353 e. The molecule has 0 saturated carbocycles. The fourth-order valence-corrected chi connectivity index (χ4v) is 2.97. The molecule has 0 atom stereocenters. The number of piperidine rings is 1. The van der Waals surface area contributed by atoms with Crippen molar-refractivity contribution in [1.82, 2.24) is 10.2 Å². The molecule has 0 aliphatic carbocycles. The molecule has 6 heteroatoms. The molecule has 0 radical (unpaired) electrons. The van der Waals surface area contributed by atoms with Crippen LogP contribution in [-0.4, -0.2) is 35.8 Å². The van der Waals surface area contributed by atoms with Gasteiger partial charge in [0.15, 0.2) is 0 Å². The van der Waals surface area contributed by atoms with Crippen LogP contribution in [0.4, 0.5) is 0 Å². The number of nitrogens with one attached hydrogen (secondary N) is 1. The Morgan fingerprint density at radius 2 is 2.05 bits per heavy atom. The minimum atomic E-state index is -0.0541. The van der Waals surface area contributed by atoms with Crippen LogP contribution >= 0.6 is 27.5 Å². The van der Waals surface area contributed by atoms with E-state index < -0.39 is 0 Å². The van der Waals surface area contributed by atoms with Crippen molar-refractivity contribution in [3.8, 4) is 0 Å². The third-order valence-electron chi connectivity index (χ3n) is 3.65. The predicted octanol–water partition coefficient (Wildman–Crippen LogP) is 3.23. The quantitative estimate of drug-likeness (QED) is 0.884. The summed E-state index contributed by atoms with van der Waals surface area (Å²) in [5.41, 5.74) is 0.516. The highest BCUT2D eigenvalue weighted by Crippen LogP contribution is 2.27. The monoisotopic (exact) mass is 372 g/mol. The lowest BCUT2D eigenvalue weighted by Crippen LogP contribution is -2.46. The van der Waals surface area contributed by atoms with Crippen LogP contribution in [0.2, 0.25) is 5.02 Å². The number of nitrogens with zero attached hydrogens (tertiary/aromatic N) is 1. The van der Waals surface area contributed by atoms with Crippen molar-refractivity contribution in [3.05, 3.63) is 33.3 Å². The normalized spacial score (nSPS) is 15.9. The highest BCUT2D eigenvalue weighted by molar-refractivity contribution is 9.10. The first-order valence-electron chi connectivity index (χ1n) is 7.05. The average molecular weight is 374 g/mol. The van der Waals surface area contributed by atoms with Gasteiger partial charge in [0.2, 0.25) is 5.91 Å². The molecule has 0 spiro atoms. The fourth-order valence-electron chi connectivity index (χ4n) is 2.40. The topological polar surface area (TPSA) is 49.4 Å². The molecule has 1 saturated heterocycles. The SMILES string of the molecule is CCC(=O)NC1CCN(C(=O)c2cccc(Br)c2Cl)CC1. The van der Waals surface area contributed by atoms with Gasteiger partial charge in [-0.1, -0.05) is 24.6 Å². The second-order valence-electron chi connectivity index (χ2n) is 5.09. The zero-order valence-corrected chi connectivity index (χ0v) is 14.2. The molecule has 4 nitrogen and oxygen atoms in total. The Hall–Kier alpha value is -1.07. The molecule has 2 rings (SSSR count). The molecule has 1 aliphatic heterocycles. The zero-order chi connectivity index (χ0) is 15.4. The van der Waals surface area contributed by atoms with Crippen molar-refractivity contribution in [2.45, 2.75) is 32.2 Å². The van der Waals surface area contributed by atoms with Gasteiger partial charge in [-0.15, -0.1) is 0 Å². The molecule has 1 aromatic carbocycles. The Morgan fingerprint density at radius 3 is 2.67 bits per heavy atom. The van der Waals surface area contributed by atoms with Gasteiger partial charge in [0.05, 0.1) is 10.6 Å². The van der Waals surface area contributed by atoms with Crippen LogP contribution in [-0.2, 0) is 4.79 Å². The minimum absolute atomic E-state index is 0.0541. The molecule has 1 N–H and O–H groups in total. The smallest absolute Gasteiger partial charge is 0.255 e. The van der Waals surface area contributed by atoms with E-state index in [2.05, 4.69) is 21.2 Å². The van der Waals surface area contributed by atoms with Gasteiger partial charge in [0, 0.05) is 30.0 Å². The number of carbonyl (C=O) groups excluding carboxylic acids is 2. The molecule has 0 bridgehead atoms. The third-order valence-corrected chi connectivity index (χ3v) is 4.95. The van der Waals surface area contributed by atoms with Crippen LogP contribution in [0, 0.1) is 0 Å². The molecule has 0 unspecified atom stereocenters. The Balaban J connectivity index is 1.97. The first-order valence-corrected chi connectivity index (χ1v) is 8.22. The highest BCUT2D eigenvalue weighted by Gasteiger charge is 2.25. The molecule has 1 aromatic rings. The van der Waals surface area contributed by atoms with Crippen molar-refractivity contribution < 1.29 is 9.59 Å². The highest BCUT2D eigenvalue weighted by atomic mass is 79.9. The maximum atomic E-state index is 12.5. The van der Waals surface area contributed by atoms with Crippen LogP contribution in [0.3, 0.4) is 0 Å². The molecule has 1 fully saturated rings. The number of rotatable bonds is 3. The van der Waals surface area contributed by atoms with E-state index >= 15 is 0 Å². The molecule has 2 amide bonds. The molecule has 0 aromatic heterocycles. The van der Waals surface area contributed by atoms with Crippen molar-refractivity contribution in [3.63, 3.8) is 0 Å². The Kier molecular flexibility index (Phi) is 5.65. The molecule has 1 heterocycles. The van der Waals surface area contributed by atoms with Gasteiger partial charge >= 0.3 is 0 Å². The first-order chi connectivity index (χ1) is 10.0. The summed E-state index contributed by atoms with van der Waals surface area (Å²) >= 11 is 9.51. The van der Waals surface area contributed by atoms with E-state index in [1.807, 2.05) is 13.0 Å². The predicted molar refractivity (Wildman–Crippen MR) is 86.5 cm³/mol. The third kappa shape index (κ3) is 3.98. The summed E-state index contributed by atoms with van der Waals surface area (Å²) in [5, 5.41) is 3.43. The van der Waals surface area contributed by atoms with E-state index in [-0.39, 0.29) is 17.9 Å². The van der Waals surface area contributed by atoms with E-state index in [1.165, 1.54) is 0 Å². The number of likely N-dealkylation sites (tertiary alicyclic amines) is 1. The van der Waals surface area contributed by atoms with Gasteiger partial charge < -0.3 is 10.2 Å². The van der Waals surface area contributed by atoms with Gasteiger partial charge in [0.1, 0.15) is 0 Å². The van der Waals surface area contributed by atoms with Gasteiger partial charge in [-0.25, -0.2) is 0 Å². The average Bonchev–Trinajstić information content (AvgIpc) is 2.50. The van der Waals surface area contributed by atoms with E-state index in [4.69, 9.17) is 11.6 Å². The summed E-state index contributed by atoms with van der Waals surface area (Å²) in [7, 11) is 0. The van der Waals surface area contributed by atoms with Gasteiger partial charge in [-0.3, -0.25) is 9.59 Å². The molecule has 21 heavy (non-hydrogen) atoms. The first kappa shape index (κ1) is 16.3. The lowest BCUT2D eigenvalue weighted by Gasteiger charge is -2.32. The van der Waals surface area contributed by atoms with E-state index in [9.17, 15) is 9.59 Å². The summed E-state index contributed by atoms with van der Waals surface area (Å²) in [5.74, 6) is 0.0105. The molecular weight excluding hydrogens is 356 g/mol. The molecule has 1 aliphatic rings. The maximum absolute atomic E-state index is 12.5. The van der Waals surface area contributed by atoms with Crippen LogP contribution < -0.4 is 5.32 Å². The van der Waals surface area contributed by atoms with Crippen LogP contribution in [0.5, 0.6) is 0 Å². The summed E-state index contributed by atoms with van der Waals surface area (Å²) in [6.45, 7) is 3.11. The number of halogens is 2. The zero-order valence-electron chi connectivity index (χ0n) is 11.9. The molecular formula is C15H18BrClN2O2. The number of hydrogen-bond acceptors (Lipinski definition) is 2. The second kappa shape index (κ2) is 7.27. The van der Waals surface area contributed by atoms with Gasteiger partial charge in [-0.05, 0) is 40.9 Å². The van der Waals surface area contributed by atoms with Crippen molar-refractivity contribution in [2.75, 3.05) is 13.1 Å². The van der Waals surface area contributed by atoms with Crippen LogP contribution in [0.1, 0.15) is 36.5 Å². The van der Waals surface area contributed by atoms with Gasteiger partial charge in [0.25, 0.3) is 5.91 Å². The van der Waals surface area contributed by atoms with E-state index in [0.717, 1.165) is 17.3 Å². The Bertz CT molecular complexity index is 542. The maximum Gasteiger partial charge on any atom is 0.255 e.